The monoisotopic (exact) mass is 442 g/mol. The summed E-state index contributed by atoms with van der Waals surface area (Å²) in [7, 11) is 2.99. The Morgan fingerprint density at radius 1 is 1.41 bits per heavy atom. The van der Waals surface area contributed by atoms with Gasteiger partial charge in [-0.3, -0.25) is 19.6 Å². The first-order valence-corrected chi connectivity index (χ1v) is 9.34. The van der Waals surface area contributed by atoms with E-state index in [0.717, 1.165) is 17.3 Å². The Bertz CT molecular complexity index is 1100. The second-order valence-electron chi connectivity index (χ2n) is 6.75. The van der Waals surface area contributed by atoms with Crippen LogP contribution >= 0.6 is 0 Å². The molecule has 1 N–H and O–H groups in total. The number of aldehydes is 1. The van der Waals surface area contributed by atoms with Gasteiger partial charge in [-0.25, -0.2) is 13.6 Å². The van der Waals surface area contributed by atoms with Gasteiger partial charge in [0.05, 0.1) is 49.2 Å². The van der Waals surface area contributed by atoms with Crippen molar-refractivity contribution in [3.63, 3.8) is 0 Å². The van der Waals surface area contributed by atoms with Gasteiger partial charge < -0.3 is 4.74 Å². The van der Waals surface area contributed by atoms with Crippen LogP contribution in [0.1, 0.15) is 6.92 Å². The molecule has 2 aliphatic rings. The zero-order valence-electron chi connectivity index (χ0n) is 17.5. The van der Waals surface area contributed by atoms with Gasteiger partial charge in [0.2, 0.25) is 0 Å². The summed E-state index contributed by atoms with van der Waals surface area (Å²) in [6.45, 7) is 1.36. The molecule has 1 aliphatic carbocycles. The highest BCUT2D eigenvalue weighted by molar-refractivity contribution is 6.03. The molecule has 32 heavy (non-hydrogen) atoms. The van der Waals surface area contributed by atoms with Crippen LogP contribution in [0.4, 0.5) is 19.3 Å². The highest BCUT2D eigenvalue weighted by atomic mass is 19.2. The Labute approximate surface area is 183 Å². The molecule has 2 amide bonds. The van der Waals surface area contributed by atoms with Crippen LogP contribution in [0.5, 0.6) is 5.75 Å². The molecule has 11 heteroatoms. The zero-order chi connectivity index (χ0) is 23.4. The van der Waals surface area contributed by atoms with E-state index in [-0.39, 0.29) is 23.7 Å². The van der Waals surface area contributed by atoms with E-state index < -0.39 is 23.7 Å². The number of ether oxygens (including phenoxy) is 1. The highest BCUT2D eigenvalue weighted by Gasteiger charge is 2.32. The molecule has 2 heterocycles. The van der Waals surface area contributed by atoms with Gasteiger partial charge in [-0.15, -0.1) is 6.42 Å². The number of hydrazone groups is 1. The molecule has 0 fully saturated rings. The molecule has 1 unspecified atom stereocenters. The summed E-state index contributed by atoms with van der Waals surface area (Å²) in [4.78, 5) is 31.6. The second-order valence-corrected chi connectivity index (χ2v) is 6.75. The van der Waals surface area contributed by atoms with E-state index >= 15 is 0 Å². The van der Waals surface area contributed by atoms with Crippen LogP contribution in [0, 0.1) is 12.3 Å². The fourth-order valence-electron chi connectivity index (χ4n) is 3.04. The van der Waals surface area contributed by atoms with Crippen molar-refractivity contribution in [1.82, 2.24) is 20.4 Å². The van der Waals surface area contributed by atoms with Crippen LogP contribution < -0.4 is 15.1 Å². The van der Waals surface area contributed by atoms with E-state index in [2.05, 4.69) is 21.4 Å². The largest absolute Gasteiger partial charge is 0.495 e. The van der Waals surface area contributed by atoms with Gasteiger partial charge >= 0.3 is 6.03 Å². The van der Waals surface area contributed by atoms with Crippen LogP contribution in [-0.4, -0.2) is 59.8 Å². The minimum atomic E-state index is -1.06. The van der Waals surface area contributed by atoms with Gasteiger partial charge in [0, 0.05) is 19.2 Å². The number of urea groups is 1. The third kappa shape index (κ3) is 4.35. The maximum Gasteiger partial charge on any atom is 0.329 e. The molecule has 3 rings (SSSR count). The van der Waals surface area contributed by atoms with E-state index in [1.165, 1.54) is 43.3 Å². The van der Waals surface area contributed by atoms with Crippen molar-refractivity contribution in [2.24, 2.45) is 5.10 Å². The van der Waals surface area contributed by atoms with Gasteiger partial charge in [0.1, 0.15) is 11.4 Å². The van der Waals surface area contributed by atoms with E-state index in [1.807, 2.05) is 0 Å². The van der Waals surface area contributed by atoms with Crippen molar-refractivity contribution >= 4 is 23.7 Å². The normalized spacial score (nSPS) is 17.8. The lowest BCUT2D eigenvalue weighted by Crippen LogP contribution is -2.43. The van der Waals surface area contributed by atoms with Crippen molar-refractivity contribution in [1.29, 1.82) is 0 Å². The summed E-state index contributed by atoms with van der Waals surface area (Å²) in [6.07, 6.45) is 10.8. The Hall–Kier alpha value is -4.04. The average molecular weight is 442 g/mol. The molecule has 0 saturated carbocycles. The number of fused-ring (bicyclic) bond motifs is 1. The number of hydrogen-bond acceptors (Lipinski definition) is 7. The number of halogens is 2. The van der Waals surface area contributed by atoms with Gasteiger partial charge in [0.15, 0.2) is 17.9 Å². The van der Waals surface area contributed by atoms with Gasteiger partial charge in [-0.05, 0) is 13.0 Å². The third-order valence-electron chi connectivity index (χ3n) is 4.82. The minimum absolute atomic E-state index is 0.0599. The molecular weight excluding hydrogens is 422 g/mol. The fourth-order valence-corrected chi connectivity index (χ4v) is 3.04. The number of aromatic nitrogens is 1. The van der Waals surface area contributed by atoms with E-state index in [1.54, 1.807) is 6.07 Å². The SMILES string of the molecule is C#CCN(C(=O)N(C)c1cncc(OC)c1)/C(C)=C(\C=O)N1N=C2C=C(F)C(F)=CC2N1. The summed E-state index contributed by atoms with van der Waals surface area (Å²) in [5.41, 5.74) is 3.49. The summed E-state index contributed by atoms with van der Waals surface area (Å²) in [5, 5.41) is 5.17. The maximum atomic E-state index is 13.6. The molecular formula is C21H20F2N6O3. The summed E-state index contributed by atoms with van der Waals surface area (Å²) >= 11 is 0. The molecule has 0 radical (unpaired) electrons. The molecule has 9 nitrogen and oxygen atoms in total. The summed E-state index contributed by atoms with van der Waals surface area (Å²) in [5.74, 6) is 0.742. The molecule has 1 atom stereocenters. The van der Waals surface area contributed by atoms with Crippen LogP contribution in [0.2, 0.25) is 0 Å². The number of allylic oxidation sites excluding steroid dienone is 4. The van der Waals surface area contributed by atoms with Crippen LogP contribution in [0.3, 0.4) is 0 Å². The van der Waals surface area contributed by atoms with Crippen molar-refractivity contribution < 1.29 is 23.1 Å². The third-order valence-corrected chi connectivity index (χ3v) is 4.82. The van der Waals surface area contributed by atoms with Crippen LogP contribution in [-0.2, 0) is 4.79 Å². The molecule has 166 valence electrons. The van der Waals surface area contributed by atoms with E-state index in [4.69, 9.17) is 11.2 Å². The van der Waals surface area contributed by atoms with Crippen molar-refractivity contribution in [2.75, 3.05) is 25.6 Å². The van der Waals surface area contributed by atoms with Crippen molar-refractivity contribution in [3.8, 4) is 18.1 Å². The Kier molecular flexibility index (Phi) is 6.65. The number of amides is 2. The maximum absolute atomic E-state index is 13.6. The molecule has 0 saturated heterocycles. The van der Waals surface area contributed by atoms with Gasteiger partial charge in [-0.1, -0.05) is 5.92 Å². The number of methoxy groups -OCH3 is 1. The number of nitrogens with zero attached hydrogens (tertiary/aromatic N) is 5. The molecule has 0 aromatic carbocycles. The number of terminal acetylenes is 1. The lowest BCUT2D eigenvalue weighted by Gasteiger charge is -2.29. The van der Waals surface area contributed by atoms with E-state index in [0.29, 0.717) is 17.7 Å². The van der Waals surface area contributed by atoms with Crippen molar-refractivity contribution in [3.05, 3.63) is 53.7 Å². The van der Waals surface area contributed by atoms with E-state index in [9.17, 15) is 18.4 Å². The van der Waals surface area contributed by atoms with Gasteiger partial charge in [-0.2, -0.15) is 15.6 Å². The molecule has 1 aromatic rings. The topological polar surface area (TPSA) is 90.4 Å². The average Bonchev–Trinajstić information content (AvgIpc) is 3.19. The first-order valence-electron chi connectivity index (χ1n) is 9.34. The number of carbonyl (C=O) groups excluding carboxylic acids is 2. The van der Waals surface area contributed by atoms with Crippen LogP contribution in [0.15, 0.2) is 58.8 Å². The van der Waals surface area contributed by atoms with Gasteiger partial charge in [0.25, 0.3) is 0 Å². The predicted octanol–water partition coefficient (Wildman–Crippen LogP) is 2.28. The lowest BCUT2D eigenvalue weighted by molar-refractivity contribution is -0.106. The summed E-state index contributed by atoms with van der Waals surface area (Å²) < 4.78 is 32.2. The van der Waals surface area contributed by atoms with Crippen molar-refractivity contribution in [2.45, 2.75) is 13.0 Å². The smallest absolute Gasteiger partial charge is 0.329 e. The number of anilines is 1. The Balaban J connectivity index is 1.93. The zero-order valence-corrected chi connectivity index (χ0v) is 17.5. The minimum Gasteiger partial charge on any atom is -0.495 e. The number of pyridine rings is 1. The first kappa shape index (κ1) is 22.6. The molecule has 1 aromatic heterocycles. The highest BCUT2D eigenvalue weighted by Crippen LogP contribution is 2.26. The number of hydrogen-bond donors (Lipinski definition) is 1. The quantitative estimate of drug-likeness (QED) is 0.413. The predicted molar refractivity (Wildman–Crippen MR) is 113 cm³/mol. The standard InChI is InChI=1S/C21H20F2N6O3/c1-5-6-28(21(31)27(3)14-7-15(32-4)11-24-10-14)13(2)20(12-30)29-25-18-8-16(22)17(23)9-19(18)26-29/h1,7-12,18,25H,6H2,2-4H3/b20-13+. The number of hydrazine groups is 1. The van der Waals surface area contributed by atoms with Crippen LogP contribution in [0.25, 0.3) is 0 Å². The summed E-state index contributed by atoms with van der Waals surface area (Å²) in [6, 6.07) is 0.301. The number of nitrogens with one attached hydrogen (secondary N) is 1. The lowest BCUT2D eigenvalue weighted by atomic mass is 10.1. The second kappa shape index (κ2) is 9.40. The number of carbonyl (C=O) groups is 2. The molecule has 0 spiro atoms. The number of rotatable bonds is 6. The first-order chi connectivity index (χ1) is 15.3. The Morgan fingerprint density at radius 3 is 2.81 bits per heavy atom. The Morgan fingerprint density at radius 2 is 2.16 bits per heavy atom. The molecule has 0 bridgehead atoms. The molecule has 1 aliphatic heterocycles. The fraction of sp³-hybridized carbons (Fsp3) is 0.238.